The van der Waals surface area contributed by atoms with E-state index in [9.17, 15) is 0 Å². The zero-order valence-corrected chi connectivity index (χ0v) is 12.2. The Labute approximate surface area is 117 Å². The van der Waals surface area contributed by atoms with Crippen LogP contribution in [-0.2, 0) is 6.42 Å². The first kappa shape index (κ1) is 13.8. The van der Waals surface area contributed by atoms with Gasteiger partial charge in [-0.3, -0.25) is 0 Å². The van der Waals surface area contributed by atoms with Crippen molar-refractivity contribution in [2.75, 3.05) is 14.2 Å². The Morgan fingerprint density at radius 2 is 1.84 bits per heavy atom. The molecule has 2 rings (SSSR count). The number of thiazole rings is 1. The molecule has 0 bridgehead atoms. The zero-order chi connectivity index (χ0) is 13.8. The van der Waals surface area contributed by atoms with Crippen LogP contribution in [0.25, 0.3) is 0 Å². The third-order valence-corrected chi connectivity index (χ3v) is 3.85. The molecule has 0 saturated heterocycles. The van der Waals surface area contributed by atoms with E-state index in [1.165, 1.54) is 0 Å². The van der Waals surface area contributed by atoms with Crippen LogP contribution in [0.15, 0.2) is 23.6 Å². The lowest BCUT2D eigenvalue weighted by molar-refractivity contribution is 0.392. The largest absolute Gasteiger partial charge is 0.497 e. The lowest BCUT2D eigenvalue weighted by Gasteiger charge is -2.13. The van der Waals surface area contributed by atoms with Crippen molar-refractivity contribution in [3.63, 3.8) is 0 Å². The number of aromatic nitrogens is 1. The van der Waals surface area contributed by atoms with Gasteiger partial charge in [-0.15, -0.1) is 11.3 Å². The minimum atomic E-state index is -0.116. The molecular formula is C14H18N2O2S. The van der Waals surface area contributed by atoms with Gasteiger partial charge in [0.1, 0.15) is 11.5 Å². The van der Waals surface area contributed by atoms with Crippen molar-refractivity contribution in [2.45, 2.75) is 19.4 Å². The van der Waals surface area contributed by atoms with Crippen molar-refractivity contribution in [3.8, 4) is 11.5 Å². The molecule has 0 spiro atoms. The molecule has 2 N–H and O–H groups in total. The Hall–Kier alpha value is -1.59. The molecule has 1 atom stereocenters. The Bertz CT molecular complexity index is 532. The van der Waals surface area contributed by atoms with Crippen LogP contribution in [0.3, 0.4) is 0 Å². The highest BCUT2D eigenvalue weighted by Gasteiger charge is 2.12. The average Bonchev–Trinajstić information content (AvgIpc) is 2.83. The van der Waals surface area contributed by atoms with Crippen molar-refractivity contribution in [3.05, 3.63) is 39.8 Å². The van der Waals surface area contributed by atoms with Gasteiger partial charge in [0, 0.05) is 29.6 Å². The zero-order valence-electron chi connectivity index (χ0n) is 11.3. The topological polar surface area (TPSA) is 57.4 Å². The maximum atomic E-state index is 6.24. The van der Waals surface area contributed by atoms with Crippen LogP contribution in [0, 0.1) is 6.92 Å². The Kier molecular flexibility index (Phi) is 4.39. The number of ether oxygens (including phenoxy) is 2. The SMILES string of the molecule is COc1cc(OC)cc(C(N)Cc2nc(C)cs2)c1. The first-order valence-corrected chi connectivity index (χ1v) is 6.90. The van der Waals surface area contributed by atoms with E-state index >= 15 is 0 Å². The molecule has 0 aliphatic rings. The summed E-state index contributed by atoms with van der Waals surface area (Å²) < 4.78 is 10.5. The standard InChI is InChI=1S/C14H18N2O2S/c1-9-8-19-14(16-9)7-13(15)10-4-11(17-2)6-12(5-10)18-3/h4-6,8,13H,7,15H2,1-3H3. The van der Waals surface area contributed by atoms with Crippen LogP contribution < -0.4 is 15.2 Å². The number of nitrogens with zero attached hydrogens (tertiary/aromatic N) is 1. The van der Waals surface area contributed by atoms with Crippen LogP contribution in [0.4, 0.5) is 0 Å². The van der Waals surface area contributed by atoms with Gasteiger partial charge in [-0.05, 0) is 24.6 Å². The molecule has 0 radical (unpaired) electrons. The molecule has 5 heteroatoms. The summed E-state index contributed by atoms with van der Waals surface area (Å²) in [6.07, 6.45) is 0.717. The summed E-state index contributed by atoms with van der Waals surface area (Å²) in [5.41, 5.74) is 8.27. The number of benzene rings is 1. The van der Waals surface area contributed by atoms with Crippen LogP contribution in [0.5, 0.6) is 11.5 Å². The van der Waals surface area contributed by atoms with E-state index in [-0.39, 0.29) is 6.04 Å². The first-order chi connectivity index (χ1) is 9.12. The second kappa shape index (κ2) is 6.04. The molecule has 0 amide bonds. The highest BCUT2D eigenvalue weighted by Crippen LogP contribution is 2.27. The smallest absolute Gasteiger partial charge is 0.122 e. The summed E-state index contributed by atoms with van der Waals surface area (Å²) in [5.74, 6) is 1.50. The summed E-state index contributed by atoms with van der Waals surface area (Å²) in [5, 5.41) is 3.08. The molecule has 102 valence electrons. The predicted molar refractivity (Wildman–Crippen MR) is 77.0 cm³/mol. The minimum Gasteiger partial charge on any atom is -0.497 e. The number of hydrogen-bond donors (Lipinski definition) is 1. The summed E-state index contributed by atoms with van der Waals surface area (Å²) in [4.78, 5) is 4.44. The lowest BCUT2D eigenvalue weighted by atomic mass is 10.0. The van der Waals surface area contributed by atoms with Crippen LogP contribution in [0.1, 0.15) is 22.3 Å². The molecule has 2 aromatic rings. The maximum Gasteiger partial charge on any atom is 0.122 e. The van der Waals surface area contributed by atoms with Crippen molar-refractivity contribution in [2.24, 2.45) is 5.73 Å². The van der Waals surface area contributed by atoms with Crippen molar-refractivity contribution >= 4 is 11.3 Å². The molecule has 0 aliphatic heterocycles. The summed E-state index contributed by atoms with van der Waals surface area (Å²) in [6, 6.07) is 5.60. The molecule has 0 saturated carbocycles. The van der Waals surface area contributed by atoms with Gasteiger partial charge >= 0.3 is 0 Å². The van der Waals surface area contributed by atoms with Gasteiger partial charge < -0.3 is 15.2 Å². The van der Waals surface area contributed by atoms with Gasteiger partial charge in [0.2, 0.25) is 0 Å². The Balaban J connectivity index is 2.20. The van der Waals surface area contributed by atoms with Crippen LogP contribution in [0.2, 0.25) is 0 Å². The van der Waals surface area contributed by atoms with Crippen molar-refractivity contribution in [1.82, 2.24) is 4.98 Å². The number of hydrogen-bond acceptors (Lipinski definition) is 5. The third-order valence-electron chi connectivity index (χ3n) is 2.86. The molecular weight excluding hydrogens is 260 g/mol. The third kappa shape index (κ3) is 3.45. The summed E-state index contributed by atoms with van der Waals surface area (Å²) >= 11 is 1.64. The maximum absolute atomic E-state index is 6.24. The van der Waals surface area contributed by atoms with E-state index in [2.05, 4.69) is 4.98 Å². The molecule has 0 fully saturated rings. The van der Waals surface area contributed by atoms with Crippen molar-refractivity contribution < 1.29 is 9.47 Å². The van der Waals surface area contributed by atoms with Crippen LogP contribution >= 0.6 is 11.3 Å². The summed E-state index contributed by atoms with van der Waals surface area (Å²) in [6.45, 7) is 1.99. The van der Waals surface area contributed by atoms with E-state index in [1.54, 1.807) is 25.6 Å². The molecule has 1 aromatic carbocycles. The fourth-order valence-electron chi connectivity index (χ4n) is 1.85. The van der Waals surface area contributed by atoms with E-state index in [4.69, 9.17) is 15.2 Å². The lowest BCUT2D eigenvalue weighted by Crippen LogP contribution is -2.13. The van der Waals surface area contributed by atoms with E-state index in [0.29, 0.717) is 0 Å². The number of nitrogens with two attached hydrogens (primary N) is 1. The number of aryl methyl sites for hydroxylation is 1. The molecule has 1 heterocycles. The van der Waals surface area contributed by atoms with Crippen LogP contribution in [-0.4, -0.2) is 19.2 Å². The van der Waals surface area contributed by atoms with E-state index in [1.807, 2.05) is 30.5 Å². The van der Waals surface area contributed by atoms with Gasteiger partial charge in [0.05, 0.1) is 19.2 Å². The fourth-order valence-corrected chi connectivity index (χ4v) is 2.68. The van der Waals surface area contributed by atoms with Gasteiger partial charge in [-0.25, -0.2) is 4.98 Å². The monoisotopic (exact) mass is 278 g/mol. The Morgan fingerprint density at radius 3 is 2.32 bits per heavy atom. The molecule has 1 unspecified atom stereocenters. The second-order valence-electron chi connectivity index (χ2n) is 4.34. The van der Waals surface area contributed by atoms with Crippen molar-refractivity contribution in [1.29, 1.82) is 0 Å². The molecule has 4 nitrogen and oxygen atoms in total. The van der Waals surface area contributed by atoms with Gasteiger partial charge in [-0.1, -0.05) is 0 Å². The first-order valence-electron chi connectivity index (χ1n) is 6.02. The predicted octanol–water partition coefficient (Wildman–Crippen LogP) is 2.71. The number of rotatable bonds is 5. The highest BCUT2D eigenvalue weighted by atomic mass is 32.1. The molecule has 1 aromatic heterocycles. The molecule has 19 heavy (non-hydrogen) atoms. The Morgan fingerprint density at radius 1 is 1.21 bits per heavy atom. The highest BCUT2D eigenvalue weighted by molar-refractivity contribution is 7.09. The molecule has 0 aliphatic carbocycles. The second-order valence-corrected chi connectivity index (χ2v) is 5.28. The fraction of sp³-hybridized carbons (Fsp3) is 0.357. The summed E-state index contributed by atoms with van der Waals surface area (Å²) in [7, 11) is 3.27. The van der Waals surface area contributed by atoms with Gasteiger partial charge in [0.15, 0.2) is 0 Å². The quantitative estimate of drug-likeness (QED) is 0.913. The van der Waals surface area contributed by atoms with E-state index in [0.717, 1.165) is 34.2 Å². The number of methoxy groups -OCH3 is 2. The van der Waals surface area contributed by atoms with E-state index < -0.39 is 0 Å². The normalized spacial score (nSPS) is 12.2. The average molecular weight is 278 g/mol. The minimum absolute atomic E-state index is 0.116. The van der Waals surface area contributed by atoms with Gasteiger partial charge in [0.25, 0.3) is 0 Å². The van der Waals surface area contributed by atoms with Gasteiger partial charge in [-0.2, -0.15) is 0 Å².